The lowest BCUT2D eigenvalue weighted by molar-refractivity contribution is -0.116. The Kier molecular flexibility index (Phi) is 5.99. The van der Waals surface area contributed by atoms with Crippen molar-refractivity contribution in [3.05, 3.63) is 70.2 Å². The van der Waals surface area contributed by atoms with Gasteiger partial charge in [0.1, 0.15) is 5.82 Å². The first-order valence-corrected chi connectivity index (χ1v) is 10.6. The van der Waals surface area contributed by atoms with Gasteiger partial charge in [-0.15, -0.1) is 0 Å². The number of allylic oxidation sites excluding steroid dienone is 3. The molecule has 1 aromatic heterocycles. The second-order valence-electron chi connectivity index (χ2n) is 8.02. The van der Waals surface area contributed by atoms with E-state index in [4.69, 9.17) is 9.47 Å². The monoisotopic (exact) mass is 433 g/mol. The molecule has 0 radical (unpaired) electrons. The summed E-state index contributed by atoms with van der Waals surface area (Å²) in [6.07, 6.45) is 3.65. The van der Waals surface area contributed by atoms with Crippen LogP contribution in [0.2, 0.25) is 0 Å². The summed E-state index contributed by atoms with van der Waals surface area (Å²) in [5, 5.41) is 6.23. The molecule has 0 fully saturated rings. The van der Waals surface area contributed by atoms with Gasteiger partial charge in [0, 0.05) is 40.7 Å². The van der Waals surface area contributed by atoms with Crippen molar-refractivity contribution in [1.82, 2.24) is 10.3 Å². The van der Waals surface area contributed by atoms with E-state index in [2.05, 4.69) is 15.6 Å². The standard InChI is InChI=1S/C25H27N3O4/c1-14-11-12-26-20(13-14)28-25(30)21-15(2)27-17-8-6-9-18(29)23(17)22(21)16-7-5-10-19(31-3)24(16)32-4/h5,7,10-13,22,27H,6,8-9H2,1-4H3,(H,26,28,30)/t22-/m1/s1. The number of carbonyl (C=O) groups excluding carboxylic acids is 2. The number of ketones is 1. The second-order valence-corrected chi connectivity index (χ2v) is 8.02. The minimum atomic E-state index is -0.575. The SMILES string of the molecule is COc1cccc([C@@H]2C(C(=O)Nc3cc(C)ccn3)=C(C)NC3=C2C(=O)CCC3)c1OC. The van der Waals surface area contributed by atoms with Gasteiger partial charge in [-0.3, -0.25) is 9.59 Å². The van der Waals surface area contributed by atoms with E-state index < -0.39 is 5.92 Å². The third-order valence-corrected chi connectivity index (χ3v) is 5.92. The smallest absolute Gasteiger partial charge is 0.255 e. The number of aromatic nitrogens is 1. The second kappa shape index (κ2) is 8.86. The number of nitrogens with zero attached hydrogens (tertiary/aromatic N) is 1. The van der Waals surface area contributed by atoms with Crippen LogP contribution in [0, 0.1) is 6.92 Å². The average Bonchev–Trinajstić information content (AvgIpc) is 2.77. The van der Waals surface area contributed by atoms with Crippen molar-refractivity contribution in [3.8, 4) is 11.5 Å². The van der Waals surface area contributed by atoms with Gasteiger partial charge >= 0.3 is 0 Å². The Bertz CT molecular complexity index is 1150. The van der Waals surface area contributed by atoms with Crippen LogP contribution in [0.25, 0.3) is 0 Å². The Hall–Kier alpha value is -3.61. The summed E-state index contributed by atoms with van der Waals surface area (Å²) in [6.45, 7) is 3.80. The highest BCUT2D eigenvalue weighted by atomic mass is 16.5. The molecule has 7 nitrogen and oxygen atoms in total. The average molecular weight is 434 g/mol. The van der Waals surface area contributed by atoms with Crippen molar-refractivity contribution < 1.29 is 19.1 Å². The number of amides is 1. The van der Waals surface area contributed by atoms with Gasteiger partial charge in [-0.1, -0.05) is 12.1 Å². The van der Waals surface area contributed by atoms with E-state index in [0.29, 0.717) is 40.6 Å². The van der Waals surface area contributed by atoms with E-state index in [1.807, 2.05) is 38.1 Å². The van der Waals surface area contributed by atoms with Gasteiger partial charge < -0.3 is 20.1 Å². The number of carbonyl (C=O) groups is 2. The number of pyridine rings is 1. The first-order valence-electron chi connectivity index (χ1n) is 10.6. The van der Waals surface area contributed by atoms with E-state index in [9.17, 15) is 9.59 Å². The molecule has 1 aliphatic carbocycles. The van der Waals surface area contributed by atoms with E-state index in [-0.39, 0.29) is 11.7 Å². The number of hydrogen-bond acceptors (Lipinski definition) is 6. The predicted octanol–water partition coefficient (Wildman–Crippen LogP) is 4.01. The Morgan fingerprint density at radius 1 is 1.16 bits per heavy atom. The molecule has 2 aliphatic rings. The van der Waals surface area contributed by atoms with Gasteiger partial charge in [0.15, 0.2) is 17.3 Å². The van der Waals surface area contributed by atoms with Crippen LogP contribution in [-0.2, 0) is 9.59 Å². The highest BCUT2D eigenvalue weighted by Crippen LogP contribution is 2.47. The maximum atomic E-state index is 13.6. The number of methoxy groups -OCH3 is 2. The maximum Gasteiger partial charge on any atom is 0.255 e. The molecule has 0 unspecified atom stereocenters. The third kappa shape index (κ3) is 3.86. The molecule has 4 rings (SSSR count). The number of para-hydroxylation sites is 1. The zero-order valence-electron chi connectivity index (χ0n) is 18.7. The molecule has 1 aromatic carbocycles. The van der Waals surface area contributed by atoms with Crippen LogP contribution in [-0.4, -0.2) is 30.9 Å². The number of nitrogens with one attached hydrogen (secondary N) is 2. The molecular formula is C25H27N3O4. The van der Waals surface area contributed by atoms with Crippen LogP contribution in [0.1, 0.15) is 43.2 Å². The molecule has 1 amide bonds. The quantitative estimate of drug-likeness (QED) is 0.741. The van der Waals surface area contributed by atoms with Crippen LogP contribution in [0.3, 0.4) is 0 Å². The lowest BCUT2D eigenvalue weighted by Crippen LogP contribution is -2.35. The normalized spacial score (nSPS) is 18.1. The summed E-state index contributed by atoms with van der Waals surface area (Å²) in [5.74, 6) is 0.675. The van der Waals surface area contributed by atoms with Crippen molar-refractivity contribution in [2.45, 2.75) is 39.0 Å². The molecule has 2 N–H and O–H groups in total. The van der Waals surface area contributed by atoms with Crippen LogP contribution in [0.15, 0.2) is 59.1 Å². The number of hydrogen-bond donors (Lipinski definition) is 2. The van der Waals surface area contributed by atoms with Gasteiger partial charge in [0.2, 0.25) is 0 Å². The molecule has 0 saturated carbocycles. The zero-order chi connectivity index (χ0) is 22.8. The fourth-order valence-corrected chi connectivity index (χ4v) is 4.52. The van der Waals surface area contributed by atoms with Gasteiger partial charge in [0.25, 0.3) is 5.91 Å². The highest BCUT2D eigenvalue weighted by molar-refractivity contribution is 6.09. The fourth-order valence-electron chi connectivity index (χ4n) is 4.52. The molecule has 7 heteroatoms. The maximum absolute atomic E-state index is 13.6. The molecule has 0 saturated heterocycles. The summed E-state index contributed by atoms with van der Waals surface area (Å²) in [7, 11) is 3.13. The molecule has 2 heterocycles. The molecule has 1 atom stereocenters. The number of aryl methyl sites for hydroxylation is 1. The van der Waals surface area contributed by atoms with Gasteiger partial charge in [-0.2, -0.15) is 0 Å². The minimum Gasteiger partial charge on any atom is -0.493 e. The van der Waals surface area contributed by atoms with Gasteiger partial charge in [-0.25, -0.2) is 4.98 Å². The molecule has 0 bridgehead atoms. The first-order chi connectivity index (χ1) is 15.4. The summed E-state index contributed by atoms with van der Waals surface area (Å²) in [4.78, 5) is 30.9. The van der Waals surface area contributed by atoms with Crippen LogP contribution >= 0.6 is 0 Å². The molecule has 32 heavy (non-hydrogen) atoms. The van der Waals surface area contributed by atoms with E-state index in [1.54, 1.807) is 26.5 Å². The van der Waals surface area contributed by atoms with Crippen molar-refractivity contribution in [2.75, 3.05) is 19.5 Å². The lowest BCUT2D eigenvalue weighted by Gasteiger charge is -2.35. The molecule has 2 aromatic rings. The third-order valence-electron chi connectivity index (χ3n) is 5.92. The van der Waals surface area contributed by atoms with Crippen molar-refractivity contribution in [1.29, 1.82) is 0 Å². The largest absolute Gasteiger partial charge is 0.493 e. The lowest BCUT2D eigenvalue weighted by atomic mass is 9.74. The number of benzene rings is 1. The molecule has 1 aliphatic heterocycles. The molecule has 166 valence electrons. The van der Waals surface area contributed by atoms with Gasteiger partial charge in [0.05, 0.1) is 20.1 Å². The van der Waals surface area contributed by atoms with Crippen LogP contribution in [0.5, 0.6) is 11.5 Å². The number of anilines is 1. The van der Waals surface area contributed by atoms with Crippen LogP contribution in [0.4, 0.5) is 5.82 Å². The van der Waals surface area contributed by atoms with Crippen molar-refractivity contribution in [3.63, 3.8) is 0 Å². The topological polar surface area (TPSA) is 89.5 Å². The Morgan fingerprint density at radius 2 is 1.97 bits per heavy atom. The first kappa shape index (κ1) is 21.6. The number of rotatable bonds is 5. The molecule has 0 spiro atoms. The van der Waals surface area contributed by atoms with Crippen molar-refractivity contribution in [2.24, 2.45) is 0 Å². The number of dihydropyridines is 1. The predicted molar refractivity (Wildman–Crippen MR) is 122 cm³/mol. The Morgan fingerprint density at radius 3 is 2.69 bits per heavy atom. The number of ether oxygens (including phenoxy) is 2. The molecular weight excluding hydrogens is 406 g/mol. The summed E-state index contributed by atoms with van der Waals surface area (Å²) in [6, 6.07) is 9.20. The number of Topliss-reactive ketones (excluding diaryl/α,β-unsaturated/α-hetero) is 1. The fraction of sp³-hybridized carbons (Fsp3) is 0.320. The zero-order valence-corrected chi connectivity index (χ0v) is 18.7. The Balaban J connectivity index is 1.86. The van der Waals surface area contributed by atoms with Crippen molar-refractivity contribution >= 4 is 17.5 Å². The summed E-state index contributed by atoms with van der Waals surface area (Å²) >= 11 is 0. The Labute approximate surface area is 187 Å². The summed E-state index contributed by atoms with van der Waals surface area (Å²) < 4.78 is 11.2. The van der Waals surface area contributed by atoms with E-state index >= 15 is 0 Å². The highest BCUT2D eigenvalue weighted by Gasteiger charge is 2.40. The minimum absolute atomic E-state index is 0.0418. The van der Waals surface area contributed by atoms with Gasteiger partial charge in [-0.05, 0) is 50.5 Å². The van der Waals surface area contributed by atoms with E-state index in [1.165, 1.54) is 0 Å². The van der Waals surface area contributed by atoms with E-state index in [0.717, 1.165) is 29.7 Å². The summed E-state index contributed by atoms with van der Waals surface area (Å²) in [5.41, 5.74) is 4.38. The van der Waals surface area contributed by atoms with Crippen LogP contribution < -0.4 is 20.1 Å².